The predicted molar refractivity (Wildman–Crippen MR) is 82.3 cm³/mol. The van der Waals surface area contributed by atoms with Crippen molar-refractivity contribution in [3.8, 4) is 0 Å². The fraction of sp³-hybridized carbons (Fsp3) is 0.625. The zero-order valence-corrected chi connectivity index (χ0v) is 12.5. The van der Waals surface area contributed by atoms with E-state index in [2.05, 4.69) is 17.2 Å². The third-order valence-corrected chi connectivity index (χ3v) is 4.43. The highest BCUT2D eigenvalue weighted by Gasteiger charge is 2.26. The summed E-state index contributed by atoms with van der Waals surface area (Å²) >= 11 is 0. The van der Waals surface area contributed by atoms with Gasteiger partial charge >= 0.3 is 5.76 Å². The summed E-state index contributed by atoms with van der Waals surface area (Å²) in [5.41, 5.74) is 1.23. The van der Waals surface area contributed by atoms with Gasteiger partial charge in [-0.1, -0.05) is 19.8 Å². The SMILES string of the molecule is CCCNC(Cn1c(=O)oc2cccnc21)C1CCCC1. The molecule has 0 aliphatic heterocycles. The fourth-order valence-electron chi connectivity index (χ4n) is 3.33. The smallest absolute Gasteiger partial charge is 0.406 e. The highest BCUT2D eigenvalue weighted by molar-refractivity contribution is 5.67. The average Bonchev–Trinajstić information content (AvgIpc) is 3.11. The molecule has 2 heterocycles. The second-order valence-corrected chi connectivity index (χ2v) is 5.91. The van der Waals surface area contributed by atoms with Crippen molar-refractivity contribution in [3.63, 3.8) is 0 Å². The molecule has 1 saturated carbocycles. The maximum absolute atomic E-state index is 12.1. The Bertz CT molecular complexity index is 640. The van der Waals surface area contributed by atoms with Crippen LogP contribution in [0.3, 0.4) is 0 Å². The van der Waals surface area contributed by atoms with Crippen molar-refractivity contribution in [2.45, 2.75) is 51.6 Å². The Kier molecular flexibility index (Phi) is 4.39. The van der Waals surface area contributed by atoms with Crippen LogP contribution in [0.1, 0.15) is 39.0 Å². The Labute approximate surface area is 124 Å². The van der Waals surface area contributed by atoms with E-state index in [0.29, 0.717) is 29.7 Å². The summed E-state index contributed by atoms with van der Waals surface area (Å²) in [5.74, 6) is 0.349. The van der Waals surface area contributed by atoms with E-state index in [9.17, 15) is 4.79 Å². The quantitative estimate of drug-likeness (QED) is 0.888. The fourth-order valence-corrected chi connectivity index (χ4v) is 3.33. The molecule has 2 aromatic heterocycles. The van der Waals surface area contributed by atoms with Gasteiger partial charge in [0.25, 0.3) is 0 Å². The van der Waals surface area contributed by atoms with E-state index in [0.717, 1.165) is 13.0 Å². The molecule has 1 aliphatic carbocycles. The Morgan fingerprint density at radius 1 is 1.48 bits per heavy atom. The lowest BCUT2D eigenvalue weighted by molar-refractivity contribution is 0.315. The van der Waals surface area contributed by atoms with Crippen LogP contribution in [-0.4, -0.2) is 22.1 Å². The molecule has 1 aliphatic rings. The molecule has 0 spiro atoms. The zero-order chi connectivity index (χ0) is 14.7. The summed E-state index contributed by atoms with van der Waals surface area (Å²) in [6.07, 6.45) is 7.90. The van der Waals surface area contributed by atoms with E-state index >= 15 is 0 Å². The van der Waals surface area contributed by atoms with Gasteiger partial charge < -0.3 is 9.73 Å². The van der Waals surface area contributed by atoms with Crippen molar-refractivity contribution in [2.24, 2.45) is 5.92 Å². The number of pyridine rings is 1. The monoisotopic (exact) mass is 289 g/mol. The Morgan fingerprint density at radius 3 is 3.05 bits per heavy atom. The zero-order valence-electron chi connectivity index (χ0n) is 12.5. The summed E-state index contributed by atoms with van der Waals surface area (Å²) < 4.78 is 6.97. The summed E-state index contributed by atoms with van der Waals surface area (Å²) in [4.78, 5) is 16.4. The summed E-state index contributed by atoms with van der Waals surface area (Å²) in [6, 6.07) is 3.91. The first kappa shape index (κ1) is 14.3. The number of fused-ring (bicyclic) bond motifs is 1. The number of rotatable bonds is 6. The van der Waals surface area contributed by atoms with Crippen LogP contribution < -0.4 is 11.1 Å². The average molecular weight is 289 g/mol. The van der Waals surface area contributed by atoms with Crippen molar-refractivity contribution in [1.82, 2.24) is 14.9 Å². The Balaban J connectivity index is 1.86. The molecule has 5 nitrogen and oxygen atoms in total. The highest BCUT2D eigenvalue weighted by atomic mass is 16.4. The van der Waals surface area contributed by atoms with E-state index < -0.39 is 0 Å². The Morgan fingerprint density at radius 2 is 2.29 bits per heavy atom. The van der Waals surface area contributed by atoms with Gasteiger partial charge in [0.05, 0.1) is 0 Å². The molecule has 114 valence electrons. The molecule has 0 amide bonds. The topological polar surface area (TPSA) is 60.1 Å². The van der Waals surface area contributed by atoms with E-state index in [4.69, 9.17) is 4.42 Å². The third kappa shape index (κ3) is 3.02. The van der Waals surface area contributed by atoms with Gasteiger partial charge in [-0.2, -0.15) is 0 Å². The first-order valence-corrected chi connectivity index (χ1v) is 7.97. The molecule has 21 heavy (non-hydrogen) atoms. The summed E-state index contributed by atoms with van der Waals surface area (Å²) in [5, 5.41) is 3.61. The van der Waals surface area contributed by atoms with Gasteiger partial charge in [0.2, 0.25) is 0 Å². The van der Waals surface area contributed by atoms with Crippen molar-refractivity contribution >= 4 is 11.2 Å². The molecule has 5 heteroatoms. The molecule has 3 rings (SSSR count). The number of nitrogens with one attached hydrogen (secondary N) is 1. The molecule has 0 bridgehead atoms. The minimum absolute atomic E-state index is 0.301. The van der Waals surface area contributed by atoms with Gasteiger partial charge in [-0.15, -0.1) is 0 Å². The van der Waals surface area contributed by atoms with Crippen LogP contribution in [0.4, 0.5) is 0 Å². The van der Waals surface area contributed by atoms with E-state index in [1.165, 1.54) is 25.7 Å². The molecule has 1 fully saturated rings. The standard InChI is InChI=1S/C16H23N3O2/c1-2-9-17-13(12-6-3-4-7-12)11-19-15-14(21-16(19)20)8-5-10-18-15/h5,8,10,12-13,17H,2-4,6-7,9,11H2,1H3. The van der Waals surface area contributed by atoms with Crippen molar-refractivity contribution < 1.29 is 4.42 Å². The van der Waals surface area contributed by atoms with Gasteiger partial charge in [0.15, 0.2) is 11.2 Å². The minimum Gasteiger partial charge on any atom is -0.406 e. The molecule has 1 unspecified atom stereocenters. The molecule has 2 aromatic rings. The highest BCUT2D eigenvalue weighted by Crippen LogP contribution is 2.28. The molecular formula is C16H23N3O2. The molecule has 1 atom stereocenters. The minimum atomic E-state index is -0.301. The van der Waals surface area contributed by atoms with Crippen LogP contribution in [0.15, 0.2) is 27.5 Å². The van der Waals surface area contributed by atoms with Gasteiger partial charge in [-0.3, -0.25) is 4.57 Å². The van der Waals surface area contributed by atoms with E-state index in [-0.39, 0.29) is 5.76 Å². The molecular weight excluding hydrogens is 266 g/mol. The molecule has 1 N–H and O–H groups in total. The predicted octanol–water partition coefficient (Wildman–Crippen LogP) is 2.55. The Hall–Kier alpha value is -1.62. The maximum Gasteiger partial charge on any atom is 0.421 e. The van der Waals surface area contributed by atoms with Gasteiger partial charge in [0.1, 0.15) is 0 Å². The van der Waals surface area contributed by atoms with Gasteiger partial charge in [-0.05, 0) is 43.9 Å². The van der Waals surface area contributed by atoms with E-state index in [1.807, 2.05) is 0 Å². The van der Waals surface area contributed by atoms with Crippen LogP contribution in [0.2, 0.25) is 0 Å². The van der Waals surface area contributed by atoms with Crippen molar-refractivity contribution in [3.05, 3.63) is 28.9 Å². The molecule has 0 saturated heterocycles. The summed E-state index contributed by atoms with van der Waals surface area (Å²) in [6.45, 7) is 3.80. The lowest BCUT2D eigenvalue weighted by atomic mass is 9.98. The lowest BCUT2D eigenvalue weighted by Crippen LogP contribution is -2.41. The van der Waals surface area contributed by atoms with Crippen LogP contribution in [0.5, 0.6) is 0 Å². The first-order chi connectivity index (χ1) is 10.3. The van der Waals surface area contributed by atoms with Crippen molar-refractivity contribution in [1.29, 1.82) is 0 Å². The second kappa shape index (κ2) is 6.43. The normalized spacial score (nSPS) is 17.6. The number of oxazole rings is 1. The van der Waals surface area contributed by atoms with E-state index in [1.54, 1.807) is 22.9 Å². The number of aromatic nitrogens is 2. The van der Waals surface area contributed by atoms with Crippen LogP contribution in [0, 0.1) is 5.92 Å². The summed E-state index contributed by atoms with van der Waals surface area (Å²) in [7, 11) is 0. The maximum atomic E-state index is 12.1. The van der Waals surface area contributed by atoms with Gasteiger partial charge in [0, 0.05) is 18.8 Å². The first-order valence-electron chi connectivity index (χ1n) is 7.97. The third-order valence-electron chi connectivity index (χ3n) is 4.43. The van der Waals surface area contributed by atoms with Crippen LogP contribution >= 0.6 is 0 Å². The lowest BCUT2D eigenvalue weighted by Gasteiger charge is -2.24. The van der Waals surface area contributed by atoms with Gasteiger partial charge in [-0.25, -0.2) is 9.78 Å². The molecule has 0 aromatic carbocycles. The number of hydrogen-bond acceptors (Lipinski definition) is 4. The molecule has 0 radical (unpaired) electrons. The second-order valence-electron chi connectivity index (χ2n) is 5.91. The van der Waals surface area contributed by atoms with Crippen LogP contribution in [0.25, 0.3) is 11.2 Å². The largest absolute Gasteiger partial charge is 0.421 e. The number of nitrogens with zero attached hydrogens (tertiary/aromatic N) is 2. The van der Waals surface area contributed by atoms with Crippen LogP contribution in [-0.2, 0) is 6.54 Å². The number of hydrogen-bond donors (Lipinski definition) is 1. The van der Waals surface area contributed by atoms with Crippen molar-refractivity contribution in [2.75, 3.05) is 6.54 Å².